The van der Waals surface area contributed by atoms with E-state index in [2.05, 4.69) is 20.6 Å². The Morgan fingerprint density at radius 3 is 2.68 bits per heavy atom. The molecule has 0 aliphatic carbocycles. The molecule has 0 atom stereocenters. The van der Waals surface area contributed by atoms with E-state index >= 15 is 0 Å². The van der Waals surface area contributed by atoms with E-state index in [-0.39, 0.29) is 28.8 Å². The van der Waals surface area contributed by atoms with Crippen LogP contribution in [0.2, 0.25) is 10.0 Å². The molecule has 0 spiro atoms. The highest BCUT2D eigenvalue weighted by atomic mass is 35.5. The maximum Gasteiger partial charge on any atom is 0.350 e. The number of nitrogens with one attached hydrogen (secondary N) is 1. The summed E-state index contributed by atoms with van der Waals surface area (Å²) in [5.41, 5.74) is 1.09. The van der Waals surface area contributed by atoms with E-state index < -0.39 is 17.4 Å². The summed E-state index contributed by atoms with van der Waals surface area (Å²) < 4.78 is 21.0. The molecule has 9 nitrogen and oxygen atoms in total. The van der Waals surface area contributed by atoms with Gasteiger partial charge in [0.15, 0.2) is 5.65 Å². The summed E-state index contributed by atoms with van der Waals surface area (Å²) in [6, 6.07) is 14.0. The molecule has 0 aliphatic rings. The topological polar surface area (TPSA) is 107 Å². The first kappa shape index (κ1) is 21.8. The maximum atomic E-state index is 13.3. The van der Waals surface area contributed by atoms with Crippen molar-refractivity contribution in [3.63, 3.8) is 0 Å². The van der Waals surface area contributed by atoms with E-state index in [9.17, 15) is 14.0 Å². The number of carbonyl (C=O) groups is 1. The molecule has 3 aromatic heterocycles. The van der Waals surface area contributed by atoms with Crippen LogP contribution in [0.3, 0.4) is 0 Å². The van der Waals surface area contributed by atoms with Crippen molar-refractivity contribution in [2.75, 3.05) is 5.32 Å². The van der Waals surface area contributed by atoms with Gasteiger partial charge in [0, 0.05) is 22.5 Å². The van der Waals surface area contributed by atoms with E-state index in [1.165, 1.54) is 22.7 Å². The molecule has 1 amide bonds. The number of hydrogen-bond acceptors (Lipinski definition) is 6. The molecule has 3 heterocycles. The number of aromatic nitrogens is 5. The van der Waals surface area contributed by atoms with Gasteiger partial charge in [0.1, 0.15) is 12.4 Å². The Bertz CT molecular complexity index is 1590. The molecule has 34 heavy (non-hydrogen) atoms. The van der Waals surface area contributed by atoms with Crippen LogP contribution in [-0.2, 0) is 11.3 Å². The second-order valence-electron chi connectivity index (χ2n) is 7.16. The van der Waals surface area contributed by atoms with Crippen molar-refractivity contribution < 1.29 is 13.7 Å². The third-order valence-corrected chi connectivity index (χ3v) is 5.41. The lowest BCUT2D eigenvalue weighted by molar-refractivity contribution is -0.117. The second kappa shape index (κ2) is 8.73. The van der Waals surface area contributed by atoms with Gasteiger partial charge in [0.25, 0.3) is 5.89 Å². The second-order valence-corrected chi connectivity index (χ2v) is 8.01. The maximum absolute atomic E-state index is 13.3. The van der Waals surface area contributed by atoms with Crippen LogP contribution in [0.4, 0.5) is 10.1 Å². The number of amides is 1. The quantitative estimate of drug-likeness (QED) is 0.387. The SMILES string of the molecule is O=C(Cn1nc2c(-c3nc(-c4ccc(Cl)cc4)no3)cccn2c1=O)Nc1ccc(F)c(Cl)c1. The lowest BCUT2D eigenvalue weighted by Gasteiger charge is -2.05. The van der Waals surface area contributed by atoms with Gasteiger partial charge in [-0.1, -0.05) is 28.4 Å². The minimum Gasteiger partial charge on any atom is -0.333 e. The first-order valence-corrected chi connectivity index (χ1v) is 10.6. The van der Waals surface area contributed by atoms with Gasteiger partial charge in [0.2, 0.25) is 11.7 Å². The molecule has 0 fully saturated rings. The number of benzene rings is 2. The molecule has 0 radical (unpaired) electrons. The first-order chi connectivity index (χ1) is 16.4. The van der Waals surface area contributed by atoms with Gasteiger partial charge >= 0.3 is 5.69 Å². The monoisotopic (exact) mass is 498 g/mol. The highest BCUT2D eigenvalue weighted by molar-refractivity contribution is 6.31. The van der Waals surface area contributed by atoms with Crippen LogP contribution in [0.15, 0.2) is 70.1 Å². The standard InChI is InChI=1S/C22H13Cl2FN6O3/c23-13-5-3-12(4-6-13)19-27-21(34-29-19)15-2-1-9-30-20(15)28-31(22(30)33)11-18(32)26-14-7-8-17(25)16(24)10-14/h1-10H,11H2,(H,26,32). The summed E-state index contributed by atoms with van der Waals surface area (Å²) >= 11 is 11.7. The Balaban J connectivity index is 1.44. The number of nitrogens with zero attached hydrogens (tertiary/aromatic N) is 5. The fourth-order valence-electron chi connectivity index (χ4n) is 3.27. The van der Waals surface area contributed by atoms with Crippen LogP contribution in [0.25, 0.3) is 28.5 Å². The molecule has 0 unspecified atom stereocenters. The zero-order valence-corrected chi connectivity index (χ0v) is 18.6. The fraction of sp³-hybridized carbons (Fsp3) is 0.0455. The average molecular weight is 499 g/mol. The fourth-order valence-corrected chi connectivity index (χ4v) is 3.57. The van der Waals surface area contributed by atoms with E-state index in [4.69, 9.17) is 27.7 Å². The van der Waals surface area contributed by atoms with E-state index in [1.54, 1.807) is 36.4 Å². The van der Waals surface area contributed by atoms with Crippen molar-refractivity contribution in [2.24, 2.45) is 0 Å². The number of carbonyl (C=O) groups excluding carboxylic acids is 1. The van der Waals surface area contributed by atoms with Crippen molar-refractivity contribution in [1.82, 2.24) is 24.3 Å². The van der Waals surface area contributed by atoms with Gasteiger partial charge in [-0.2, -0.15) is 4.98 Å². The number of pyridine rings is 1. The van der Waals surface area contributed by atoms with Crippen molar-refractivity contribution in [3.8, 4) is 22.8 Å². The summed E-state index contributed by atoms with van der Waals surface area (Å²) in [5.74, 6) is -0.660. The normalized spacial score (nSPS) is 11.1. The highest BCUT2D eigenvalue weighted by Gasteiger charge is 2.19. The van der Waals surface area contributed by atoms with Crippen molar-refractivity contribution in [3.05, 3.63) is 87.1 Å². The molecular formula is C22H13Cl2FN6O3. The van der Waals surface area contributed by atoms with Crippen LogP contribution in [-0.4, -0.2) is 30.2 Å². The molecule has 0 aliphatic heterocycles. The summed E-state index contributed by atoms with van der Waals surface area (Å²) in [4.78, 5) is 29.6. The van der Waals surface area contributed by atoms with Gasteiger partial charge in [-0.25, -0.2) is 18.3 Å². The van der Waals surface area contributed by atoms with Gasteiger partial charge in [0.05, 0.1) is 10.6 Å². The predicted octanol–water partition coefficient (Wildman–Crippen LogP) is 4.30. The first-order valence-electron chi connectivity index (χ1n) is 9.82. The largest absolute Gasteiger partial charge is 0.350 e. The Labute approximate surface area is 200 Å². The van der Waals surface area contributed by atoms with Crippen LogP contribution in [0, 0.1) is 5.82 Å². The summed E-state index contributed by atoms with van der Waals surface area (Å²) in [6.45, 7) is -0.380. The van der Waals surface area contributed by atoms with Gasteiger partial charge in [-0.3, -0.25) is 4.79 Å². The zero-order valence-electron chi connectivity index (χ0n) is 17.1. The summed E-state index contributed by atoms with van der Waals surface area (Å²) in [6.07, 6.45) is 1.51. The molecule has 170 valence electrons. The Kier molecular flexibility index (Phi) is 5.60. The number of fused-ring (bicyclic) bond motifs is 1. The molecule has 5 aromatic rings. The average Bonchev–Trinajstić information content (AvgIpc) is 3.42. The van der Waals surface area contributed by atoms with Crippen LogP contribution in [0.1, 0.15) is 0 Å². The molecular weight excluding hydrogens is 486 g/mol. The number of anilines is 1. The molecule has 0 bridgehead atoms. The number of hydrogen-bond donors (Lipinski definition) is 1. The lowest BCUT2D eigenvalue weighted by Crippen LogP contribution is -2.28. The molecule has 12 heteroatoms. The van der Waals surface area contributed by atoms with Gasteiger partial charge < -0.3 is 9.84 Å². The number of halogens is 3. The van der Waals surface area contributed by atoms with E-state index in [0.29, 0.717) is 22.0 Å². The smallest absolute Gasteiger partial charge is 0.333 e. The highest BCUT2D eigenvalue weighted by Crippen LogP contribution is 2.25. The Morgan fingerprint density at radius 2 is 1.91 bits per heavy atom. The minimum atomic E-state index is -0.607. The molecule has 2 aromatic carbocycles. The van der Waals surface area contributed by atoms with Crippen LogP contribution < -0.4 is 11.0 Å². The molecule has 5 rings (SSSR count). The molecule has 1 N–H and O–H groups in total. The lowest BCUT2D eigenvalue weighted by atomic mass is 10.2. The Hall–Kier alpha value is -4.02. The zero-order chi connectivity index (χ0) is 23.8. The minimum absolute atomic E-state index is 0.134. The molecule has 0 saturated heterocycles. The third kappa shape index (κ3) is 4.16. The van der Waals surface area contributed by atoms with Crippen molar-refractivity contribution in [2.45, 2.75) is 6.54 Å². The van der Waals surface area contributed by atoms with Gasteiger partial charge in [-0.15, -0.1) is 5.10 Å². The summed E-state index contributed by atoms with van der Waals surface area (Å²) in [7, 11) is 0. The van der Waals surface area contributed by atoms with Crippen molar-refractivity contribution in [1.29, 1.82) is 0 Å². The summed E-state index contributed by atoms with van der Waals surface area (Å²) in [5, 5.41) is 11.3. The van der Waals surface area contributed by atoms with Crippen molar-refractivity contribution >= 4 is 40.4 Å². The Morgan fingerprint density at radius 1 is 1.12 bits per heavy atom. The number of rotatable bonds is 5. The van der Waals surface area contributed by atoms with Gasteiger partial charge in [-0.05, 0) is 54.6 Å². The van der Waals surface area contributed by atoms with Crippen LogP contribution >= 0.6 is 23.2 Å². The predicted molar refractivity (Wildman–Crippen MR) is 123 cm³/mol. The van der Waals surface area contributed by atoms with Crippen LogP contribution in [0.5, 0.6) is 0 Å². The third-order valence-electron chi connectivity index (χ3n) is 4.87. The molecule has 0 saturated carbocycles. The van der Waals surface area contributed by atoms with E-state index in [0.717, 1.165) is 10.7 Å². The van der Waals surface area contributed by atoms with E-state index in [1.807, 2.05) is 0 Å².